The predicted molar refractivity (Wildman–Crippen MR) is 57.9 cm³/mol. The lowest BCUT2D eigenvalue weighted by molar-refractivity contribution is 0.101. The van der Waals surface area contributed by atoms with Crippen LogP contribution in [0, 0.1) is 3.57 Å². The number of hydrogen-bond acceptors (Lipinski definition) is 2. The minimum absolute atomic E-state index is 0.0829. The van der Waals surface area contributed by atoms with Gasteiger partial charge < -0.3 is 0 Å². The molecule has 0 saturated carbocycles. The summed E-state index contributed by atoms with van der Waals surface area (Å²) in [6.07, 6.45) is 3.58. The van der Waals surface area contributed by atoms with E-state index in [1.807, 2.05) is 6.07 Å². The second-order valence-electron chi connectivity index (χ2n) is 2.79. The Morgan fingerprint density at radius 3 is 3.08 bits per heavy atom. The Bertz CT molecular complexity index is 475. The van der Waals surface area contributed by atoms with E-state index < -0.39 is 0 Å². The summed E-state index contributed by atoms with van der Waals surface area (Å²) in [7, 11) is 0. The van der Waals surface area contributed by atoms with Crippen molar-refractivity contribution in [3.05, 3.63) is 33.7 Å². The van der Waals surface area contributed by atoms with E-state index in [4.69, 9.17) is 0 Å². The smallest absolute Gasteiger partial charge is 0.159 e. The van der Waals surface area contributed by atoms with Crippen LogP contribution in [0.25, 0.3) is 5.52 Å². The first kappa shape index (κ1) is 8.68. The van der Waals surface area contributed by atoms with Crippen LogP contribution in [0.15, 0.2) is 24.5 Å². The Hall–Kier alpha value is -0.910. The molecule has 0 fully saturated rings. The molecule has 0 aromatic carbocycles. The summed E-state index contributed by atoms with van der Waals surface area (Å²) in [4.78, 5) is 11.1. The fourth-order valence-electron chi connectivity index (χ4n) is 1.17. The molecule has 0 N–H and O–H groups in total. The van der Waals surface area contributed by atoms with Gasteiger partial charge in [-0.25, -0.2) is 4.52 Å². The van der Waals surface area contributed by atoms with Gasteiger partial charge in [0.05, 0.1) is 15.3 Å². The maximum atomic E-state index is 11.1. The SMILES string of the molecule is CC(=O)c1ccn2ncc(I)c2c1. The summed E-state index contributed by atoms with van der Waals surface area (Å²) in [5, 5.41) is 4.12. The third-order valence-electron chi connectivity index (χ3n) is 1.88. The van der Waals surface area contributed by atoms with Crippen LogP contribution in [-0.4, -0.2) is 15.4 Å². The van der Waals surface area contributed by atoms with E-state index in [1.54, 1.807) is 29.9 Å². The van der Waals surface area contributed by atoms with E-state index in [2.05, 4.69) is 27.7 Å². The number of hydrogen-bond donors (Lipinski definition) is 0. The molecule has 0 saturated heterocycles. The van der Waals surface area contributed by atoms with Crippen LogP contribution in [0.1, 0.15) is 17.3 Å². The van der Waals surface area contributed by atoms with Crippen molar-refractivity contribution >= 4 is 33.9 Å². The van der Waals surface area contributed by atoms with Crippen molar-refractivity contribution < 1.29 is 4.79 Å². The number of halogens is 1. The molecular weight excluding hydrogens is 279 g/mol. The second-order valence-corrected chi connectivity index (χ2v) is 3.96. The van der Waals surface area contributed by atoms with Crippen molar-refractivity contribution in [1.82, 2.24) is 9.61 Å². The van der Waals surface area contributed by atoms with E-state index in [9.17, 15) is 4.79 Å². The van der Waals surface area contributed by atoms with Gasteiger partial charge in [-0.2, -0.15) is 5.10 Å². The first-order valence-corrected chi connectivity index (χ1v) is 4.90. The molecule has 0 aliphatic rings. The van der Waals surface area contributed by atoms with Crippen molar-refractivity contribution in [2.75, 3.05) is 0 Å². The highest BCUT2D eigenvalue weighted by atomic mass is 127. The van der Waals surface area contributed by atoms with Gasteiger partial charge in [-0.05, 0) is 41.6 Å². The van der Waals surface area contributed by atoms with E-state index >= 15 is 0 Å². The van der Waals surface area contributed by atoms with E-state index in [0.29, 0.717) is 0 Å². The number of ketones is 1. The Balaban J connectivity index is 2.72. The molecule has 4 heteroatoms. The van der Waals surface area contributed by atoms with Crippen LogP contribution in [0.2, 0.25) is 0 Å². The van der Waals surface area contributed by atoms with Crippen molar-refractivity contribution in [2.45, 2.75) is 6.92 Å². The van der Waals surface area contributed by atoms with Gasteiger partial charge in [0, 0.05) is 11.8 Å². The third-order valence-corrected chi connectivity index (χ3v) is 2.71. The summed E-state index contributed by atoms with van der Waals surface area (Å²) < 4.78 is 2.81. The molecular formula is C9H7IN2O. The highest BCUT2D eigenvalue weighted by molar-refractivity contribution is 14.1. The lowest BCUT2D eigenvalue weighted by Crippen LogP contribution is -1.94. The van der Waals surface area contributed by atoms with Gasteiger partial charge in [0.15, 0.2) is 5.78 Å². The fraction of sp³-hybridized carbons (Fsp3) is 0.111. The number of fused-ring (bicyclic) bond motifs is 1. The highest BCUT2D eigenvalue weighted by Crippen LogP contribution is 2.14. The molecule has 0 radical (unpaired) electrons. The van der Waals surface area contributed by atoms with Crippen LogP contribution in [0.4, 0.5) is 0 Å². The zero-order chi connectivity index (χ0) is 9.42. The number of nitrogens with zero attached hydrogens (tertiary/aromatic N) is 2. The topological polar surface area (TPSA) is 34.4 Å². The Labute approximate surface area is 88.9 Å². The molecule has 2 aromatic heterocycles. The van der Waals surface area contributed by atoms with E-state index in [-0.39, 0.29) is 5.78 Å². The molecule has 0 amide bonds. The quantitative estimate of drug-likeness (QED) is 0.594. The summed E-state index contributed by atoms with van der Waals surface area (Å²) in [6, 6.07) is 3.63. The minimum atomic E-state index is 0.0829. The van der Waals surface area contributed by atoms with E-state index in [1.165, 1.54) is 0 Å². The van der Waals surface area contributed by atoms with Crippen LogP contribution >= 0.6 is 22.6 Å². The van der Waals surface area contributed by atoms with Crippen molar-refractivity contribution in [3.63, 3.8) is 0 Å². The zero-order valence-corrected chi connectivity index (χ0v) is 9.15. The maximum Gasteiger partial charge on any atom is 0.159 e. The molecule has 0 unspecified atom stereocenters. The average Bonchev–Trinajstić information content (AvgIpc) is 2.47. The molecule has 0 bridgehead atoms. The van der Waals surface area contributed by atoms with Gasteiger partial charge in [0.2, 0.25) is 0 Å². The fourth-order valence-corrected chi connectivity index (χ4v) is 1.70. The van der Waals surface area contributed by atoms with Gasteiger partial charge >= 0.3 is 0 Å². The summed E-state index contributed by atoms with van der Waals surface area (Å²) in [5.41, 5.74) is 1.71. The molecule has 3 nitrogen and oxygen atoms in total. The maximum absolute atomic E-state index is 11.1. The standard InChI is InChI=1S/C9H7IN2O/c1-6(13)7-2-3-12-9(4-7)8(10)5-11-12/h2-5H,1H3. The zero-order valence-electron chi connectivity index (χ0n) is 6.99. The van der Waals surface area contributed by atoms with Gasteiger partial charge in [0.25, 0.3) is 0 Å². The van der Waals surface area contributed by atoms with Crippen LogP contribution in [0.3, 0.4) is 0 Å². The monoisotopic (exact) mass is 286 g/mol. The van der Waals surface area contributed by atoms with Crippen LogP contribution < -0.4 is 0 Å². The number of aromatic nitrogens is 2. The predicted octanol–water partition coefficient (Wildman–Crippen LogP) is 2.14. The molecule has 0 spiro atoms. The molecule has 0 aliphatic heterocycles. The largest absolute Gasteiger partial charge is 0.295 e. The summed E-state index contributed by atoms with van der Waals surface area (Å²) >= 11 is 2.20. The number of pyridine rings is 1. The Kier molecular flexibility index (Phi) is 2.07. The molecule has 13 heavy (non-hydrogen) atoms. The van der Waals surface area contributed by atoms with Crippen molar-refractivity contribution in [2.24, 2.45) is 0 Å². The molecule has 2 rings (SSSR count). The average molecular weight is 286 g/mol. The number of rotatable bonds is 1. The summed E-state index contributed by atoms with van der Waals surface area (Å²) in [5.74, 6) is 0.0829. The van der Waals surface area contributed by atoms with Crippen molar-refractivity contribution in [1.29, 1.82) is 0 Å². The first-order valence-electron chi connectivity index (χ1n) is 3.82. The first-order chi connectivity index (χ1) is 6.18. The molecule has 2 heterocycles. The minimum Gasteiger partial charge on any atom is -0.295 e. The lowest BCUT2D eigenvalue weighted by atomic mass is 10.2. The number of carbonyl (C=O) groups excluding carboxylic acids is 1. The van der Waals surface area contributed by atoms with Gasteiger partial charge in [-0.15, -0.1) is 0 Å². The van der Waals surface area contributed by atoms with Crippen molar-refractivity contribution in [3.8, 4) is 0 Å². The normalized spacial score (nSPS) is 10.6. The van der Waals surface area contributed by atoms with Crippen LogP contribution in [0.5, 0.6) is 0 Å². The van der Waals surface area contributed by atoms with Gasteiger partial charge in [-0.3, -0.25) is 4.79 Å². The third kappa shape index (κ3) is 1.46. The Morgan fingerprint density at radius 1 is 1.62 bits per heavy atom. The molecule has 0 aliphatic carbocycles. The van der Waals surface area contributed by atoms with Gasteiger partial charge in [0.1, 0.15) is 0 Å². The Morgan fingerprint density at radius 2 is 2.38 bits per heavy atom. The van der Waals surface area contributed by atoms with E-state index in [0.717, 1.165) is 14.7 Å². The second kappa shape index (κ2) is 3.10. The van der Waals surface area contributed by atoms with Gasteiger partial charge in [-0.1, -0.05) is 0 Å². The lowest BCUT2D eigenvalue weighted by Gasteiger charge is -1.96. The highest BCUT2D eigenvalue weighted by Gasteiger charge is 2.04. The number of Topliss-reactive ketones (excluding diaryl/α,β-unsaturated/α-hetero) is 1. The van der Waals surface area contributed by atoms with Crippen LogP contribution in [-0.2, 0) is 0 Å². The molecule has 66 valence electrons. The summed E-state index contributed by atoms with van der Waals surface area (Å²) in [6.45, 7) is 1.56. The number of carbonyl (C=O) groups is 1. The molecule has 2 aromatic rings. The molecule has 0 atom stereocenters.